The number of rotatable bonds is 3. The van der Waals surface area contributed by atoms with Gasteiger partial charge in [0.2, 0.25) is 0 Å². The first-order chi connectivity index (χ1) is 7.94. The molecule has 1 unspecified atom stereocenters. The fraction of sp³-hybridized carbons (Fsp3) is 0.538. The summed E-state index contributed by atoms with van der Waals surface area (Å²) < 4.78 is 19.8. The quantitative estimate of drug-likeness (QED) is 0.930. The van der Waals surface area contributed by atoms with Crippen LogP contribution < -0.4 is 10.5 Å². The van der Waals surface area contributed by atoms with E-state index in [9.17, 15) is 4.39 Å². The maximum absolute atomic E-state index is 13.8. The predicted octanol–water partition coefficient (Wildman–Crippen LogP) is 3.28. The Morgan fingerprint density at radius 3 is 2.53 bits per heavy atom. The minimum Gasteiger partial charge on any atom is -0.496 e. The zero-order valence-electron chi connectivity index (χ0n) is 10.3. The van der Waals surface area contributed by atoms with E-state index in [1.165, 1.54) is 6.07 Å². The van der Waals surface area contributed by atoms with Crippen LogP contribution in [0.5, 0.6) is 5.75 Å². The molecule has 0 bridgehead atoms. The van der Waals surface area contributed by atoms with Crippen molar-refractivity contribution in [2.24, 2.45) is 5.73 Å². The second-order valence-electron chi connectivity index (χ2n) is 4.84. The van der Waals surface area contributed by atoms with E-state index >= 15 is 0 Å². The molecule has 0 amide bonds. The SMILES string of the molecule is COc1c(C)cc(F)c(Br)c1C1(C(C)N)CC1. The van der Waals surface area contributed by atoms with Gasteiger partial charge in [0.25, 0.3) is 0 Å². The Bertz CT molecular complexity index is 455. The van der Waals surface area contributed by atoms with E-state index in [2.05, 4.69) is 15.9 Å². The van der Waals surface area contributed by atoms with Crippen LogP contribution in [0.3, 0.4) is 0 Å². The molecule has 0 radical (unpaired) electrons. The van der Waals surface area contributed by atoms with Gasteiger partial charge in [-0.25, -0.2) is 4.39 Å². The molecule has 1 aromatic rings. The molecule has 0 saturated heterocycles. The normalized spacial score (nSPS) is 18.9. The molecule has 1 saturated carbocycles. The molecular formula is C13H17BrFNO. The molecule has 17 heavy (non-hydrogen) atoms. The van der Waals surface area contributed by atoms with Crippen molar-refractivity contribution in [2.75, 3.05) is 7.11 Å². The van der Waals surface area contributed by atoms with E-state index in [0.29, 0.717) is 4.47 Å². The second kappa shape index (κ2) is 4.25. The van der Waals surface area contributed by atoms with E-state index in [1.807, 2.05) is 13.8 Å². The van der Waals surface area contributed by atoms with E-state index < -0.39 is 0 Å². The summed E-state index contributed by atoms with van der Waals surface area (Å²) in [5, 5.41) is 0. The van der Waals surface area contributed by atoms with Crippen molar-refractivity contribution < 1.29 is 9.13 Å². The first-order valence-corrected chi connectivity index (χ1v) is 6.52. The van der Waals surface area contributed by atoms with Crippen molar-refractivity contribution in [3.63, 3.8) is 0 Å². The minimum absolute atomic E-state index is 0.00565. The van der Waals surface area contributed by atoms with E-state index in [-0.39, 0.29) is 17.3 Å². The summed E-state index contributed by atoms with van der Waals surface area (Å²) in [5.41, 5.74) is 7.64. The topological polar surface area (TPSA) is 35.2 Å². The number of halogens is 2. The van der Waals surface area contributed by atoms with Crippen LogP contribution in [0.4, 0.5) is 4.39 Å². The molecule has 0 spiro atoms. The predicted molar refractivity (Wildman–Crippen MR) is 70.0 cm³/mol. The highest BCUT2D eigenvalue weighted by atomic mass is 79.9. The van der Waals surface area contributed by atoms with Crippen molar-refractivity contribution in [1.29, 1.82) is 0 Å². The maximum atomic E-state index is 13.8. The number of hydrogen-bond acceptors (Lipinski definition) is 2. The van der Waals surface area contributed by atoms with Gasteiger partial charge in [0.15, 0.2) is 0 Å². The summed E-state index contributed by atoms with van der Waals surface area (Å²) in [7, 11) is 1.62. The zero-order valence-corrected chi connectivity index (χ0v) is 11.9. The average Bonchev–Trinajstić information content (AvgIpc) is 3.04. The summed E-state index contributed by atoms with van der Waals surface area (Å²) in [4.78, 5) is 0. The summed E-state index contributed by atoms with van der Waals surface area (Å²) in [6.45, 7) is 3.83. The maximum Gasteiger partial charge on any atom is 0.138 e. The molecule has 0 heterocycles. The van der Waals surface area contributed by atoms with Gasteiger partial charge < -0.3 is 10.5 Å². The molecule has 1 aromatic carbocycles. The van der Waals surface area contributed by atoms with Crippen LogP contribution in [-0.2, 0) is 5.41 Å². The van der Waals surface area contributed by atoms with Crippen molar-refractivity contribution in [3.8, 4) is 5.75 Å². The molecule has 1 atom stereocenters. The fourth-order valence-corrected chi connectivity index (χ4v) is 3.20. The van der Waals surface area contributed by atoms with E-state index in [1.54, 1.807) is 7.11 Å². The van der Waals surface area contributed by atoms with Gasteiger partial charge in [-0.3, -0.25) is 0 Å². The smallest absolute Gasteiger partial charge is 0.138 e. The van der Waals surface area contributed by atoms with Crippen LogP contribution in [-0.4, -0.2) is 13.2 Å². The number of aryl methyl sites for hydroxylation is 1. The molecular weight excluding hydrogens is 285 g/mol. The van der Waals surface area contributed by atoms with Crippen molar-refractivity contribution >= 4 is 15.9 Å². The van der Waals surface area contributed by atoms with Crippen molar-refractivity contribution in [3.05, 3.63) is 27.5 Å². The van der Waals surface area contributed by atoms with Crippen LogP contribution in [0, 0.1) is 12.7 Å². The van der Waals surface area contributed by atoms with Crippen LogP contribution in [0.1, 0.15) is 30.9 Å². The Balaban J connectivity index is 2.67. The molecule has 1 aliphatic carbocycles. The summed E-state index contributed by atoms with van der Waals surface area (Å²) in [6, 6.07) is 1.48. The average molecular weight is 302 g/mol. The molecule has 0 aromatic heterocycles. The number of ether oxygens (including phenoxy) is 1. The molecule has 0 aliphatic heterocycles. The molecule has 1 aliphatic rings. The number of benzene rings is 1. The van der Waals surface area contributed by atoms with Crippen LogP contribution >= 0.6 is 15.9 Å². The molecule has 2 nitrogen and oxygen atoms in total. The lowest BCUT2D eigenvalue weighted by molar-refractivity contribution is 0.392. The first kappa shape index (κ1) is 12.8. The Morgan fingerprint density at radius 1 is 1.53 bits per heavy atom. The van der Waals surface area contributed by atoms with Gasteiger partial charge in [-0.2, -0.15) is 0 Å². The first-order valence-electron chi connectivity index (χ1n) is 5.72. The molecule has 2 rings (SSSR count). The largest absolute Gasteiger partial charge is 0.496 e. The number of hydrogen-bond donors (Lipinski definition) is 1. The third kappa shape index (κ3) is 1.87. The monoisotopic (exact) mass is 301 g/mol. The lowest BCUT2D eigenvalue weighted by atomic mass is 9.87. The van der Waals surface area contributed by atoms with E-state index in [4.69, 9.17) is 10.5 Å². The van der Waals surface area contributed by atoms with Gasteiger partial charge in [0, 0.05) is 17.0 Å². The van der Waals surface area contributed by atoms with Gasteiger partial charge in [-0.1, -0.05) is 0 Å². The lowest BCUT2D eigenvalue weighted by Gasteiger charge is -2.25. The second-order valence-corrected chi connectivity index (χ2v) is 5.64. The van der Waals surface area contributed by atoms with Gasteiger partial charge in [0.05, 0.1) is 11.6 Å². The van der Waals surface area contributed by atoms with Crippen molar-refractivity contribution in [1.82, 2.24) is 0 Å². The highest BCUT2D eigenvalue weighted by molar-refractivity contribution is 9.10. The third-order valence-electron chi connectivity index (χ3n) is 3.72. The molecule has 94 valence electrons. The standard InChI is InChI=1S/C13H17BrFNO/c1-7-6-9(15)11(14)10(12(7)17-3)13(4-5-13)8(2)16/h6,8H,4-5,16H2,1-3H3. The third-order valence-corrected chi connectivity index (χ3v) is 4.50. The minimum atomic E-state index is -0.245. The number of nitrogens with two attached hydrogens (primary N) is 1. The Hall–Kier alpha value is -0.610. The summed E-state index contributed by atoms with van der Waals surface area (Å²) in [6.07, 6.45) is 1.98. The zero-order chi connectivity index (χ0) is 12.8. The van der Waals surface area contributed by atoms with E-state index in [0.717, 1.165) is 29.7 Å². The number of methoxy groups -OCH3 is 1. The van der Waals surface area contributed by atoms with Crippen LogP contribution in [0.15, 0.2) is 10.5 Å². The highest BCUT2D eigenvalue weighted by Crippen LogP contribution is 2.56. The van der Waals surface area contributed by atoms with Gasteiger partial charge in [-0.15, -0.1) is 0 Å². The van der Waals surface area contributed by atoms with Crippen molar-refractivity contribution in [2.45, 2.75) is 38.1 Å². The lowest BCUT2D eigenvalue weighted by Crippen LogP contribution is -2.32. The summed E-state index contributed by atoms with van der Waals surface area (Å²) in [5.74, 6) is 0.512. The van der Waals surface area contributed by atoms with Gasteiger partial charge >= 0.3 is 0 Å². The van der Waals surface area contributed by atoms with Gasteiger partial charge in [-0.05, 0) is 54.2 Å². The highest BCUT2D eigenvalue weighted by Gasteiger charge is 2.51. The molecule has 2 N–H and O–H groups in total. The fourth-order valence-electron chi connectivity index (χ4n) is 2.51. The molecule has 1 fully saturated rings. The van der Waals surface area contributed by atoms with Crippen LogP contribution in [0.2, 0.25) is 0 Å². The molecule has 4 heteroatoms. The van der Waals surface area contributed by atoms with Gasteiger partial charge in [0.1, 0.15) is 11.6 Å². The summed E-state index contributed by atoms with van der Waals surface area (Å²) >= 11 is 3.34. The Morgan fingerprint density at radius 2 is 2.12 bits per heavy atom. The Kier molecular flexibility index (Phi) is 3.21. The van der Waals surface area contributed by atoms with Crippen LogP contribution in [0.25, 0.3) is 0 Å². The Labute approximate surface area is 109 Å².